The lowest BCUT2D eigenvalue weighted by atomic mass is 10.0. The lowest BCUT2D eigenvalue weighted by Gasteiger charge is -2.08. The van der Waals surface area contributed by atoms with Gasteiger partial charge in [0.2, 0.25) is 0 Å². The summed E-state index contributed by atoms with van der Waals surface area (Å²) in [5.74, 6) is 2.44. The van der Waals surface area contributed by atoms with Crippen LogP contribution in [0.2, 0.25) is 0 Å². The van der Waals surface area contributed by atoms with E-state index in [4.69, 9.17) is 6.42 Å². The summed E-state index contributed by atoms with van der Waals surface area (Å²) in [6.07, 6.45) is 4.92. The molecule has 2 heteroatoms. The van der Waals surface area contributed by atoms with Gasteiger partial charge in [-0.25, -0.2) is 0 Å². The molecule has 0 heterocycles. The van der Waals surface area contributed by atoms with Crippen LogP contribution in [0.25, 0.3) is 0 Å². The molecule has 0 radical (unpaired) electrons. The summed E-state index contributed by atoms with van der Waals surface area (Å²) in [7, 11) is 0. The van der Waals surface area contributed by atoms with E-state index in [2.05, 4.69) is 21.9 Å². The molecule has 0 saturated carbocycles. The topological polar surface area (TPSA) is 20.2 Å². The summed E-state index contributed by atoms with van der Waals surface area (Å²) >= 11 is 3.37. The van der Waals surface area contributed by atoms with Crippen molar-refractivity contribution in [3.63, 3.8) is 0 Å². The highest BCUT2D eigenvalue weighted by Gasteiger charge is 2.06. The Balaban J connectivity index is 2.95. The predicted molar refractivity (Wildman–Crippen MR) is 57.3 cm³/mol. The Hall–Kier alpha value is -0.780. The molecule has 1 aromatic carbocycles. The van der Waals surface area contributed by atoms with E-state index >= 15 is 0 Å². The molecule has 1 aromatic rings. The fourth-order valence-corrected chi connectivity index (χ4v) is 1.81. The second-order valence-corrected chi connectivity index (χ2v) is 3.90. The minimum atomic E-state index is -0.554. The van der Waals surface area contributed by atoms with E-state index in [1.165, 1.54) is 0 Å². The highest BCUT2D eigenvalue weighted by molar-refractivity contribution is 9.10. The van der Waals surface area contributed by atoms with Crippen molar-refractivity contribution >= 4 is 15.9 Å². The van der Waals surface area contributed by atoms with Crippen LogP contribution in [0.5, 0.6) is 0 Å². The van der Waals surface area contributed by atoms with Crippen molar-refractivity contribution in [1.82, 2.24) is 0 Å². The lowest BCUT2D eigenvalue weighted by Crippen LogP contribution is -1.96. The first-order chi connectivity index (χ1) is 6.13. The number of aliphatic hydroxyl groups is 1. The Bertz CT molecular complexity index is 318. The van der Waals surface area contributed by atoms with Gasteiger partial charge in [0.05, 0.1) is 6.10 Å². The maximum Gasteiger partial charge on any atom is 0.0899 e. The average molecular weight is 239 g/mol. The first-order valence-corrected chi connectivity index (χ1v) is 4.81. The minimum absolute atomic E-state index is 0.357. The standard InChI is InChI=1S/C11H11BrO/c1-3-4-11(13)9-5-8(2)6-10(12)7-9/h1,5-7,11,13H,4H2,2H3. The smallest absolute Gasteiger partial charge is 0.0899 e. The van der Waals surface area contributed by atoms with Gasteiger partial charge < -0.3 is 5.11 Å². The van der Waals surface area contributed by atoms with Crippen molar-refractivity contribution in [1.29, 1.82) is 0 Å². The second kappa shape index (κ2) is 4.45. The summed E-state index contributed by atoms with van der Waals surface area (Å²) in [6, 6.07) is 5.81. The molecule has 0 aliphatic rings. The Morgan fingerprint density at radius 1 is 1.54 bits per heavy atom. The van der Waals surface area contributed by atoms with E-state index < -0.39 is 6.10 Å². The normalized spacial score (nSPS) is 12.2. The number of halogens is 1. The minimum Gasteiger partial charge on any atom is -0.387 e. The zero-order valence-electron chi connectivity index (χ0n) is 7.42. The molecule has 0 fully saturated rings. The first-order valence-electron chi connectivity index (χ1n) is 4.02. The van der Waals surface area contributed by atoms with Gasteiger partial charge in [-0.2, -0.15) is 0 Å². The SMILES string of the molecule is C#CCC(O)c1cc(C)cc(Br)c1. The highest BCUT2D eigenvalue weighted by Crippen LogP contribution is 2.22. The summed E-state index contributed by atoms with van der Waals surface area (Å²) < 4.78 is 0.971. The maximum absolute atomic E-state index is 9.61. The Morgan fingerprint density at radius 2 is 2.23 bits per heavy atom. The zero-order chi connectivity index (χ0) is 9.84. The Kier molecular flexibility index (Phi) is 3.53. The van der Waals surface area contributed by atoms with Crippen molar-refractivity contribution in [3.05, 3.63) is 33.8 Å². The third kappa shape index (κ3) is 2.87. The summed E-state index contributed by atoms with van der Waals surface area (Å²) in [5.41, 5.74) is 1.98. The van der Waals surface area contributed by atoms with E-state index in [0.717, 1.165) is 15.6 Å². The number of benzene rings is 1. The summed E-state index contributed by atoms with van der Waals surface area (Å²) in [5, 5.41) is 9.61. The van der Waals surface area contributed by atoms with Crippen molar-refractivity contribution in [2.75, 3.05) is 0 Å². The number of aryl methyl sites for hydroxylation is 1. The van der Waals surface area contributed by atoms with Crippen molar-refractivity contribution < 1.29 is 5.11 Å². The monoisotopic (exact) mass is 238 g/mol. The molecule has 1 unspecified atom stereocenters. The molecule has 0 bridgehead atoms. The molecule has 1 atom stereocenters. The Morgan fingerprint density at radius 3 is 2.77 bits per heavy atom. The predicted octanol–water partition coefficient (Wildman–Crippen LogP) is 2.81. The van der Waals surface area contributed by atoms with Gasteiger partial charge >= 0.3 is 0 Å². The van der Waals surface area contributed by atoms with Crippen LogP contribution in [0, 0.1) is 19.3 Å². The van der Waals surface area contributed by atoms with Gasteiger partial charge in [0.1, 0.15) is 0 Å². The van der Waals surface area contributed by atoms with Crippen LogP contribution >= 0.6 is 15.9 Å². The van der Waals surface area contributed by atoms with Crippen LogP contribution in [0.3, 0.4) is 0 Å². The van der Waals surface area contributed by atoms with Crippen molar-refractivity contribution in [2.45, 2.75) is 19.4 Å². The van der Waals surface area contributed by atoms with Crippen LogP contribution < -0.4 is 0 Å². The number of hydrogen-bond acceptors (Lipinski definition) is 1. The largest absolute Gasteiger partial charge is 0.387 e. The van der Waals surface area contributed by atoms with Gasteiger partial charge in [-0.05, 0) is 30.2 Å². The van der Waals surface area contributed by atoms with Gasteiger partial charge in [-0.1, -0.05) is 22.0 Å². The number of aliphatic hydroxyl groups excluding tert-OH is 1. The fraction of sp³-hybridized carbons (Fsp3) is 0.273. The van der Waals surface area contributed by atoms with Gasteiger partial charge in [0.15, 0.2) is 0 Å². The van der Waals surface area contributed by atoms with Crippen molar-refractivity contribution in [2.24, 2.45) is 0 Å². The molecule has 1 rings (SSSR count). The third-order valence-electron chi connectivity index (χ3n) is 1.76. The molecule has 0 aromatic heterocycles. The average Bonchev–Trinajstić information content (AvgIpc) is 2.03. The molecule has 0 spiro atoms. The zero-order valence-corrected chi connectivity index (χ0v) is 9.01. The molecule has 0 aliphatic carbocycles. The first kappa shape index (κ1) is 10.3. The molecule has 1 N–H and O–H groups in total. The molecule has 1 nitrogen and oxygen atoms in total. The molecule has 0 aliphatic heterocycles. The summed E-state index contributed by atoms with van der Waals surface area (Å²) in [6.45, 7) is 1.98. The Labute approximate surface area is 86.9 Å². The van der Waals surface area contributed by atoms with Crippen LogP contribution in [0.4, 0.5) is 0 Å². The van der Waals surface area contributed by atoms with Gasteiger partial charge in [-0.15, -0.1) is 12.3 Å². The number of rotatable bonds is 2. The van der Waals surface area contributed by atoms with E-state index in [0.29, 0.717) is 6.42 Å². The molecule has 68 valence electrons. The van der Waals surface area contributed by atoms with E-state index in [9.17, 15) is 5.11 Å². The van der Waals surface area contributed by atoms with E-state index in [1.54, 1.807) is 0 Å². The fourth-order valence-electron chi connectivity index (χ4n) is 1.19. The van der Waals surface area contributed by atoms with Crippen LogP contribution in [-0.2, 0) is 0 Å². The molecule has 13 heavy (non-hydrogen) atoms. The highest BCUT2D eigenvalue weighted by atomic mass is 79.9. The molecular weight excluding hydrogens is 228 g/mol. The van der Waals surface area contributed by atoms with Crippen LogP contribution in [0.1, 0.15) is 23.7 Å². The van der Waals surface area contributed by atoms with E-state index in [-0.39, 0.29) is 0 Å². The molecule has 0 saturated heterocycles. The maximum atomic E-state index is 9.61. The number of hydrogen-bond donors (Lipinski definition) is 1. The van der Waals surface area contributed by atoms with Crippen LogP contribution in [0.15, 0.2) is 22.7 Å². The van der Waals surface area contributed by atoms with Gasteiger partial charge in [-0.3, -0.25) is 0 Å². The second-order valence-electron chi connectivity index (χ2n) is 2.99. The number of terminal acetylenes is 1. The van der Waals surface area contributed by atoms with Gasteiger partial charge in [0.25, 0.3) is 0 Å². The molecular formula is C11H11BrO. The third-order valence-corrected chi connectivity index (χ3v) is 2.22. The van der Waals surface area contributed by atoms with Crippen molar-refractivity contribution in [3.8, 4) is 12.3 Å². The summed E-state index contributed by atoms with van der Waals surface area (Å²) in [4.78, 5) is 0. The molecule has 0 amide bonds. The quantitative estimate of drug-likeness (QED) is 0.787. The van der Waals surface area contributed by atoms with E-state index in [1.807, 2.05) is 25.1 Å². The van der Waals surface area contributed by atoms with Crippen LogP contribution in [-0.4, -0.2) is 5.11 Å². The van der Waals surface area contributed by atoms with Gasteiger partial charge in [0, 0.05) is 10.9 Å². The lowest BCUT2D eigenvalue weighted by molar-refractivity contribution is 0.184.